The van der Waals surface area contributed by atoms with E-state index in [-0.39, 0.29) is 17.1 Å². The smallest absolute Gasteiger partial charge is 0.311 e. The number of esters is 1. The molecule has 1 rings (SSSR count). The molecular weight excluding hydrogens is 354 g/mol. The summed E-state index contributed by atoms with van der Waals surface area (Å²) in [5.41, 5.74) is -0.289. The lowest BCUT2D eigenvalue weighted by atomic mass is 10.2. The molecule has 1 heterocycles. The van der Waals surface area contributed by atoms with Crippen molar-refractivity contribution in [3.63, 3.8) is 0 Å². The molecule has 1 aromatic rings. The fraction of sp³-hybridized carbons (Fsp3) is 0.333. The van der Waals surface area contributed by atoms with E-state index in [2.05, 4.69) is 9.72 Å². The van der Waals surface area contributed by atoms with Crippen LogP contribution in [0.4, 0.5) is 8.78 Å². The molecule has 0 aromatic carbocycles. The second kappa shape index (κ2) is 5.72. The number of alkyl halides is 2. The second-order valence-corrected chi connectivity index (χ2v) is 4.38. The Kier molecular flexibility index (Phi) is 4.85. The Morgan fingerprint density at radius 1 is 1.69 bits per heavy atom. The van der Waals surface area contributed by atoms with E-state index in [4.69, 9.17) is 11.6 Å². The van der Waals surface area contributed by atoms with E-state index in [1.807, 2.05) is 22.6 Å². The zero-order chi connectivity index (χ0) is 12.3. The van der Waals surface area contributed by atoms with Gasteiger partial charge in [0.2, 0.25) is 0 Å². The zero-order valence-electron chi connectivity index (χ0n) is 8.14. The van der Waals surface area contributed by atoms with E-state index in [1.54, 1.807) is 0 Å². The van der Waals surface area contributed by atoms with Crippen LogP contribution in [0.3, 0.4) is 0 Å². The molecule has 7 heteroatoms. The summed E-state index contributed by atoms with van der Waals surface area (Å²) in [5, 5.41) is 0.204. The monoisotopic (exact) mass is 361 g/mol. The van der Waals surface area contributed by atoms with Crippen LogP contribution in [-0.4, -0.2) is 18.1 Å². The highest BCUT2D eigenvalue weighted by Gasteiger charge is 2.17. The minimum Gasteiger partial charge on any atom is -0.469 e. The van der Waals surface area contributed by atoms with Gasteiger partial charge in [-0.05, 0) is 28.7 Å². The third-order valence-electron chi connectivity index (χ3n) is 1.76. The van der Waals surface area contributed by atoms with Crippen molar-refractivity contribution in [2.24, 2.45) is 0 Å². The topological polar surface area (TPSA) is 39.2 Å². The van der Waals surface area contributed by atoms with Crippen molar-refractivity contribution in [1.29, 1.82) is 0 Å². The van der Waals surface area contributed by atoms with Crippen LogP contribution in [-0.2, 0) is 16.0 Å². The van der Waals surface area contributed by atoms with Crippen LogP contribution in [0.15, 0.2) is 6.07 Å². The van der Waals surface area contributed by atoms with E-state index in [0.29, 0.717) is 3.57 Å². The molecule has 3 nitrogen and oxygen atoms in total. The lowest BCUT2D eigenvalue weighted by molar-refractivity contribution is -0.139. The zero-order valence-corrected chi connectivity index (χ0v) is 11.1. The molecule has 0 amide bonds. The molecule has 0 saturated heterocycles. The number of hydrogen-bond acceptors (Lipinski definition) is 3. The number of ether oxygens (including phenoxy) is 1. The van der Waals surface area contributed by atoms with E-state index in [9.17, 15) is 13.6 Å². The summed E-state index contributed by atoms with van der Waals surface area (Å²) in [7, 11) is 1.21. The van der Waals surface area contributed by atoms with Gasteiger partial charge in [0.25, 0.3) is 6.43 Å². The average molecular weight is 362 g/mol. The number of carbonyl (C=O) groups excluding carboxylic acids is 1. The van der Waals surface area contributed by atoms with Crippen molar-refractivity contribution in [3.8, 4) is 0 Å². The number of pyridine rings is 1. The number of halogens is 4. The first kappa shape index (κ1) is 13.6. The maximum atomic E-state index is 12.5. The van der Waals surface area contributed by atoms with Crippen LogP contribution < -0.4 is 0 Å². The van der Waals surface area contributed by atoms with Gasteiger partial charge in [0.15, 0.2) is 0 Å². The van der Waals surface area contributed by atoms with Crippen LogP contribution in [0.1, 0.15) is 17.8 Å². The van der Waals surface area contributed by atoms with Gasteiger partial charge < -0.3 is 4.74 Å². The molecule has 0 atom stereocenters. The van der Waals surface area contributed by atoms with Crippen LogP contribution in [0.25, 0.3) is 0 Å². The van der Waals surface area contributed by atoms with Gasteiger partial charge in [-0.15, -0.1) is 0 Å². The first-order valence-electron chi connectivity index (χ1n) is 4.15. The summed E-state index contributed by atoms with van der Waals surface area (Å²) in [6.45, 7) is 0. The third-order valence-corrected chi connectivity index (χ3v) is 3.36. The Balaban J connectivity index is 3.11. The summed E-state index contributed by atoms with van der Waals surface area (Å²) in [6.07, 6.45) is -2.91. The van der Waals surface area contributed by atoms with Gasteiger partial charge in [-0.2, -0.15) is 0 Å². The van der Waals surface area contributed by atoms with Gasteiger partial charge in [-0.25, -0.2) is 13.8 Å². The highest BCUT2D eigenvalue weighted by molar-refractivity contribution is 14.1. The van der Waals surface area contributed by atoms with Crippen molar-refractivity contribution >= 4 is 40.2 Å². The van der Waals surface area contributed by atoms with Gasteiger partial charge in [0.05, 0.1) is 24.2 Å². The fourth-order valence-corrected chi connectivity index (χ4v) is 1.80. The highest BCUT2D eigenvalue weighted by atomic mass is 127. The van der Waals surface area contributed by atoms with E-state index in [0.717, 1.165) is 0 Å². The maximum absolute atomic E-state index is 12.5. The van der Waals surface area contributed by atoms with Crippen molar-refractivity contribution in [3.05, 3.63) is 26.0 Å². The Bertz CT molecular complexity index is 415. The molecule has 0 bridgehead atoms. The molecule has 88 valence electrons. The van der Waals surface area contributed by atoms with Crippen molar-refractivity contribution in [1.82, 2.24) is 4.98 Å². The number of hydrogen-bond donors (Lipinski definition) is 0. The molecular formula is C9H7ClF2INO2. The standard InChI is InChI=1S/C9H7ClF2INO2/c1-16-7(15)3-5-8(10)4(13)2-6(14-5)9(11)12/h2,9H,3H2,1H3. The molecule has 0 fully saturated rings. The first-order valence-corrected chi connectivity index (χ1v) is 5.61. The number of nitrogens with zero attached hydrogens (tertiary/aromatic N) is 1. The molecule has 0 aliphatic heterocycles. The molecule has 0 N–H and O–H groups in total. The van der Waals surface area contributed by atoms with Crippen LogP contribution in [0.5, 0.6) is 0 Å². The SMILES string of the molecule is COC(=O)Cc1nc(C(F)F)cc(I)c1Cl. The molecule has 16 heavy (non-hydrogen) atoms. The summed E-state index contributed by atoms with van der Waals surface area (Å²) in [5.74, 6) is -0.573. The largest absolute Gasteiger partial charge is 0.469 e. The van der Waals surface area contributed by atoms with Gasteiger partial charge in [0, 0.05) is 3.57 Å². The Morgan fingerprint density at radius 2 is 2.31 bits per heavy atom. The lowest BCUT2D eigenvalue weighted by Crippen LogP contribution is -2.09. The Hall–Kier alpha value is -0.500. The Morgan fingerprint density at radius 3 is 2.81 bits per heavy atom. The van der Waals surface area contributed by atoms with Gasteiger partial charge >= 0.3 is 5.97 Å². The summed E-state index contributed by atoms with van der Waals surface area (Å²) in [4.78, 5) is 14.6. The average Bonchev–Trinajstić information content (AvgIpc) is 2.23. The third kappa shape index (κ3) is 3.24. The normalized spacial score (nSPS) is 10.6. The first-order chi connectivity index (χ1) is 7.45. The summed E-state index contributed by atoms with van der Waals surface area (Å²) in [6, 6.07) is 1.19. The van der Waals surface area contributed by atoms with Gasteiger partial charge in [0.1, 0.15) is 5.69 Å². The summed E-state index contributed by atoms with van der Waals surface area (Å²) >= 11 is 7.66. The molecule has 0 aliphatic rings. The molecule has 0 unspecified atom stereocenters. The molecule has 0 aliphatic carbocycles. The second-order valence-electron chi connectivity index (χ2n) is 2.84. The maximum Gasteiger partial charge on any atom is 0.311 e. The molecule has 0 spiro atoms. The number of methoxy groups -OCH3 is 1. The lowest BCUT2D eigenvalue weighted by Gasteiger charge is -2.07. The van der Waals surface area contributed by atoms with Crippen molar-refractivity contribution < 1.29 is 18.3 Å². The van der Waals surface area contributed by atoms with Crippen molar-refractivity contribution in [2.75, 3.05) is 7.11 Å². The van der Waals surface area contributed by atoms with Crippen LogP contribution in [0.2, 0.25) is 5.02 Å². The number of rotatable bonds is 3. The van der Waals surface area contributed by atoms with Crippen LogP contribution in [0, 0.1) is 3.57 Å². The molecule has 1 aromatic heterocycles. The van der Waals surface area contributed by atoms with Crippen LogP contribution >= 0.6 is 34.2 Å². The molecule has 0 saturated carbocycles. The fourth-order valence-electron chi connectivity index (χ4n) is 1.01. The number of carbonyl (C=O) groups is 1. The van der Waals surface area contributed by atoms with E-state index >= 15 is 0 Å². The predicted molar refractivity (Wildman–Crippen MR) is 62.6 cm³/mol. The minimum absolute atomic E-state index is 0.107. The van der Waals surface area contributed by atoms with Gasteiger partial charge in [-0.3, -0.25) is 4.79 Å². The molecule has 0 radical (unpaired) electrons. The van der Waals surface area contributed by atoms with E-state index < -0.39 is 18.1 Å². The quantitative estimate of drug-likeness (QED) is 0.614. The minimum atomic E-state index is -2.69. The van der Waals surface area contributed by atoms with E-state index in [1.165, 1.54) is 13.2 Å². The predicted octanol–water partition coefficient (Wildman–Crippen LogP) is 2.99. The Labute approximate surface area is 109 Å². The van der Waals surface area contributed by atoms with Gasteiger partial charge in [-0.1, -0.05) is 11.6 Å². The summed E-state index contributed by atoms with van der Waals surface area (Å²) < 4.78 is 29.8. The number of aromatic nitrogens is 1. The van der Waals surface area contributed by atoms with Crippen molar-refractivity contribution in [2.45, 2.75) is 12.8 Å². The highest BCUT2D eigenvalue weighted by Crippen LogP contribution is 2.27.